The predicted octanol–water partition coefficient (Wildman–Crippen LogP) is 7.45. The number of benzene rings is 5. The number of fused-ring (bicyclic) bond motifs is 2. The summed E-state index contributed by atoms with van der Waals surface area (Å²) >= 11 is 0. The maximum Gasteiger partial charge on any atom is 0.187 e. The Morgan fingerprint density at radius 2 is 0.797 bits per heavy atom. The second-order valence-electron chi connectivity index (χ2n) is 15.1. The Balaban J connectivity index is 1.05. The highest BCUT2D eigenvalue weighted by Gasteiger charge is 2.57. The summed E-state index contributed by atoms with van der Waals surface area (Å²) in [5, 5.41) is 0. The Hall–Kier alpha value is -4.34. The maximum absolute atomic E-state index is 7.14. The molecule has 11 nitrogen and oxygen atoms in total. The predicted molar refractivity (Wildman–Crippen MR) is 214 cm³/mol. The first kappa shape index (κ1) is 40.1. The molecule has 12 atom stereocenters. The van der Waals surface area contributed by atoms with Gasteiger partial charge >= 0.3 is 0 Å². The molecule has 5 aromatic rings. The van der Waals surface area contributed by atoms with Crippen molar-refractivity contribution in [1.82, 2.24) is 0 Å². The van der Waals surface area contributed by atoms with Crippen LogP contribution in [0.4, 0.5) is 0 Å². The Labute approximate surface area is 344 Å². The van der Waals surface area contributed by atoms with E-state index >= 15 is 0 Å². The zero-order valence-electron chi connectivity index (χ0n) is 32.9. The number of rotatable bonds is 14. The van der Waals surface area contributed by atoms with Gasteiger partial charge in [0.25, 0.3) is 0 Å². The van der Waals surface area contributed by atoms with Crippen molar-refractivity contribution in [3.05, 3.63) is 179 Å². The Kier molecular flexibility index (Phi) is 13.2. The molecule has 0 aliphatic carbocycles. The third kappa shape index (κ3) is 9.52. The molecule has 0 saturated carbocycles. The van der Waals surface area contributed by atoms with Gasteiger partial charge in [0.15, 0.2) is 25.2 Å². The van der Waals surface area contributed by atoms with E-state index in [1.54, 1.807) is 7.11 Å². The van der Waals surface area contributed by atoms with Crippen molar-refractivity contribution < 1.29 is 52.1 Å². The normalized spacial score (nSPS) is 31.8. The minimum atomic E-state index is -1.00. The molecular weight excluding hydrogens is 753 g/mol. The van der Waals surface area contributed by atoms with Crippen LogP contribution in [0.2, 0.25) is 0 Å². The molecule has 4 heterocycles. The summed E-state index contributed by atoms with van der Waals surface area (Å²) < 4.78 is 73.2. The van der Waals surface area contributed by atoms with E-state index in [2.05, 4.69) is 0 Å². The van der Waals surface area contributed by atoms with Crippen molar-refractivity contribution >= 4 is 0 Å². The third-order valence-electron chi connectivity index (χ3n) is 11.1. The molecule has 0 unspecified atom stereocenters. The molecule has 0 amide bonds. The van der Waals surface area contributed by atoms with Crippen LogP contribution in [0.3, 0.4) is 0 Å². The molecule has 0 bridgehead atoms. The summed E-state index contributed by atoms with van der Waals surface area (Å²) in [7, 11) is 1.59. The molecular formula is C48H50O11. The van der Waals surface area contributed by atoms with Crippen molar-refractivity contribution in [2.75, 3.05) is 20.3 Å². The fourth-order valence-electron chi connectivity index (χ4n) is 8.11. The van der Waals surface area contributed by atoms with Crippen LogP contribution in [0.1, 0.15) is 40.4 Å². The smallest absolute Gasteiger partial charge is 0.187 e. The zero-order valence-corrected chi connectivity index (χ0v) is 32.9. The van der Waals surface area contributed by atoms with Gasteiger partial charge in [0, 0.05) is 18.2 Å². The molecule has 308 valence electrons. The summed E-state index contributed by atoms with van der Waals surface area (Å²) in [6, 6.07) is 49.8. The van der Waals surface area contributed by atoms with Gasteiger partial charge in [-0.2, -0.15) is 0 Å². The lowest BCUT2D eigenvalue weighted by molar-refractivity contribution is -0.411. The average Bonchev–Trinajstić information content (AvgIpc) is 3.31. The minimum Gasteiger partial charge on any atom is -0.368 e. The average molecular weight is 803 g/mol. The molecule has 4 saturated heterocycles. The van der Waals surface area contributed by atoms with Gasteiger partial charge in [-0.05, 0) is 16.7 Å². The Bertz CT molecular complexity index is 1990. The van der Waals surface area contributed by atoms with Gasteiger partial charge in [-0.15, -0.1) is 0 Å². The van der Waals surface area contributed by atoms with Crippen molar-refractivity contribution in [2.45, 2.75) is 93.8 Å². The highest BCUT2D eigenvalue weighted by Crippen LogP contribution is 2.41. The lowest BCUT2D eigenvalue weighted by Gasteiger charge is -2.52. The molecule has 9 rings (SSSR count). The standard InChI is InChI=1S/C48H50O11/c1-49-47-44(42(51-28-33-19-9-3-10-20-33)40-37(55-47)30-53-46(58-40)36-25-15-6-16-26-36)59-48-43(52-29-34-21-11-4-12-22-34)41(50-27-32-17-7-2-8-18-32)39-38(56-48)31-54-45(57-39)35-23-13-5-14-24-35/h2-26,37-48H,27-31H2,1H3/t37-,38-,39-,40-,41+,42+,43-,44+,45-,46-,47+,48-/m1/s1. The molecule has 4 aliphatic rings. The van der Waals surface area contributed by atoms with Gasteiger partial charge < -0.3 is 52.1 Å². The van der Waals surface area contributed by atoms with Crippen molar-refractivity contribution in [1.29, 1.82) is 0 Å². The fourth-order valence-corrected chi connectivity index (χ4v) is 8.11. The summed E-state index contributed by atoms with van der Waals surface area (Å²) in [6.07, 6.45) is -8.34. The molecule has 5 aromatic carbocycles. The van der Waals surface area contributed by atoms with E-state index in [0.717, 1.165) is 27.8 Å². The first-order valence-corrected chi connectivity index (χ1v) is 20.3. The van der Waals surface area contributed by atoms with Crippen LogP contribution in [-0.2, 0) is 71.9 Å². The molecule has 59 heavy (non-hydrogen) atoms. The van der Waals surface area contributed by atoms with Crippen LogP contribution >= 0.6 is 0 Å². The Morgan fingerprint density at radius 1 is 0.424 bits per heavy atom. The van der Waals surface area contributed by atoms with Gasteiger partial charge in [0.05, 0.1) is 33.0 Å². The summed E-state index contributed by atoms with van der Waals surface area (Å²) in [6.45, 7) is 1.36. The van der Waals surface area contributed by atoms with E-state index in [1.165, 1.54) is 0 Å². The summed E-state index contributed by atoms with van der Waals surface area (Å²) in [5.74, 6) is 0. The van der Waals surface area contributed by atoms with E-state index in [9.17, 15) is 0 Å². The molecule has 0 aromatic heterocycles. The highest BCUT2D eigenvalue weighted by atomic mass is 16.8. The largest absolute Gasteiger partial charge is 0.368 e. The van der Waals surface area contributed by atoms with Crippen molar-refractivity contribution in [3.8, 4) is 0 Å². The summed E-state index contributed by atoms with van der Waals surface area (Å²) in [4.78, 5) is 0. The van der Waals surface area contributed by atoms with Crippen LogP contribution in [0.5, 0.6) is 0 Å². The first-order chi connectivity index (χ1) is 29.2. The second-order valence-corrected chi connectivity index (χ2v) is 15.1. The SMILES string of the molecule is CO[C@H]1O[C@@H]2CO[C@@H](c3ccccc3)O[C@H]2[C@H](OCc2ccccc2)[C@@H]1O[C@H]1O[C@@H]2CO[C@@H](c3ccccc3)O[C@H]2[C@H](OCc2ccccc2)[C@H]1OCc1ccccc1. The zero-order chi connectivity index (χ0) is 39.8. The monoisotopic (exact) mass is 802 g/mol. The van der Waals surface area contributed by atoms with Gasteiger partial charge in [0.1, 0.15) is 48.8 Å². The minimum absolute atomic E-state index is 0.230. The summed E-state index contributed by atoms with van der Waals surface area (Å²) in [5.41, 5.74) is 4.77. The van der Waals surface area contributed by atoms with Crippen LogP contribution in [0, 0.1) is 0 Å². The number of methoxy groups -OCH3 is 1. The van der Waals surface area contributed by atoms with E-state index in [1.807, 2.05) is 152 Å². The quantitative estimate of drug-likeness (QED) is 0.112. The molecule has 4 aliphatic heterocycles. The lowest BCUT2D eigenvalue weighted by atomic mass is 9.95. The van der Waals surface area contributed by atoms with Gasteiger partial charge in [-0.25, -0.2) is 0 Å². The highest BCUT2D eigenvalue weighted by molar-refractivity contribution is 5.19. The number of hydrogen-bond donors (Lipinski definition) is 0. The van der Waals surface area contributed by atoms with Crippen molar-refractivity contribution in [2.24, 2.45) is 0 Å². The van der Waals surface area contributed by atoms with Crippen LogP contribution in [0.15, 0.2) is 152 Å². The number of ether oxygens (including phenoxy) is 11. The van der Waals surface area contributed by atoms with E-state index in [-0.39, 0.29) is 19.8 Å². The number of hydrogen-bond acceptors (Lipinski definition) is 11. The van der Waals surface area contributed by atoms with Crippen molar-refractivity contribution in [3.63, 3.8) is 0 Å². The van der Waals surface area contributed by atoms with Crippen LogP contribution < -0.4 is 0 Å². The molecule has 4 fully saturated rings. The topological polar surface area (TPSA) is 102 Å². The van der Waals surface area contributed by atoms with Gasteiger partial charge in [-0.1, -0.05) is 152 Å². The molecule has 0 spiro atoms. The lowest BCUT2D eigenvalue weighted by Crippen LogP contribution is -2.67. The van der Waals surface area contributed by atoms with E-state index in [0.29, 0.717) is 13.2 Å². The third-order valence-corrected chi connectivity index (χ3v) is 11.1. The van der Waals surface area contributed by atoms with E-state index in [4.69, 9.17) is 52.1 Å². The fraction of sp³-hybridized carbons (Fsp3) is 0.375. The second kappa shape index (κ2) is 19.4. The van der Waals surface area contributed by atoms with Gasteiger partial charge in [0.2, 0.25) is 0 Å². The van der Waals surface area contributed by atoms with Crippen LogP contribution in [0.25, 0.3) is 0 Å². The molecule has 0 N–H and O–H groups in total. The van der Waals surface area contributed by atoms with Crippen LogP contribution in [-0.4, -0.2) is 81.7 Å². The first-order valence-electron chi connectivity index (χ1n) is 20.3. The molecule has 0 radical (unpaired) electrons. The van der Waals surface area contributed by atoms with Gasteiger partial charge in [-0.3, -0.25) is 0 Å². The maximum atomic E-state index is 7.14. The van der Waals surface area contributed by atoms with E-state index < -0.39 is 74.0 Å². The molecule has 11 heteroatoms. The Morgan fingerprint density at radius 3 is 1.22 bits per heavy atom.